The summed E-state index contributed by atoms with van der Waals surface area (Å²) in [7, 11) is 0. The van der Waals surface area contributed by atoms with Crippen LogP contribution in [0.1, 0.15) is 0 Å². The fraction of sp³-hybridized carbons (Fsp3) is 0. The third-order valence-corrected chi connectivity index (χ3v) is 25.8. The van der Waals surface area contributed by atoms with E-state index in [0.29, 0.717) is 0 Å². The van der Waals surface area contributed by atoms with Crippen LogP contribution >= 0.6 is 0 Å². The highest BCUT2D eigenvalue weighted by Gasteiger charge is 2.29. The van der Waals surface area contributed by atoms with Crippen molar-refractivity contribution in [3.8, 4) is 123 Å². The summed E-state index contributed by atoms with van der Waals surface area (Å²) in [6.45, 7) is 0. The van der Waals surface area contributed by atoms with Gasteiger partial charge in [0.1, 0.15) is 0 Å². The lowest BCUT2D eigenvalue weighted by molar-refractivity contribution is 1.18. The molecule has 4 nitrogen and oxygen atoms in total. The van der Waals surface area contributed by atoms with Gasteiger partial charge in [-0.2, -0.15) is 0 Å². The van der Waals surface area contributed by atoms with Crippen LogP contribution in [0.2, 0.25) is 0 Å². The van der Waals surface area contributed by atoms with Crippen LogP contribution < -0.4 is 0 Å². The second kappa shape index (κ2) is 24.1. The zero-order valence-corrected chi connectivity index (χ0v) is 62.9. The average molecular weight is 1470 g/mol. The summed E-state index contributed by atoms with van der Waals surface area (Å²) < 4.78 is 9.99. The van der Waals surface area contributed by atoms with Gasteiger partial charge >= 0.3 is 0 Å². The minimum Gasteiger partial charge on any atom is -0.309 e. The van der Waals surface area contributed by atoms with Gasteiger partial charge in [0.25, 0.3) is 0 Å². The lowest BCUT2D eigenvalue weighted by Gasteiger charge is -2.16. The van der Waals surface area contributed by atoms with Crippen LogP contribution in [-0.2, 0) is 0 Å². The Kier molecular flexibility index (Phi) is 13.1. The molecule has 20 aromatic carbocycles. The number of nitrogens with zero attached hydrogens (tertiary/aromatic N) is 4. The topological polar surface area (TPSA) is 19.7 Å². The summed E-state index contributed by atoms with van der Waals surface area (Å²) in [6, 6.07) is 151. The summed E-state index contributed by atoms with van der Waals surface area (Å²) in [6.07, 6.45) is 0. The maximum Gasteiger partial charge on any atom is 0.0619 e. The van der Waals surface area contributed by atoms with Gasteiger partial charge in [0, 0.05) is 76.4 Å². The molecule has 0 radical (unpaired) electrons. The van der Waals surface area contributed by atoms with E-state index in [4.69, 9.17) is 0 Å². The van der Waals surface area contributed by atoms with Crippen LogP contribution in [0.25, 0.3) is 253 Å². The largest absolute Gasteiger partial charge is 0.309 e. The molecule has 0 bridgehead atoms. The van der Waals surface area contributed by atoms with E-state index in [1.807, 2.05) is 0 Å². The van der Waals surface area contributed by atoms with Gasteiger partial charge in [0.2, 0.25) is 0 Å². The molecule has 4 heterocycles. The first-order chi connectivity index (χ1) is 57.5. The number of para-hydroxylation sites is 5. The molecule has 0 fully saturated rings. The van der Waals surface area contributed by atoms with E-state index in [9.17, 15) is 0 Å². The molecule has 4 aromatic heterocycles. The maximum absolute atomic E-state index is 2.54. The van der Waals surface area contributed by atoms with Crippen molar-refractivity contribution < 1.29 is 0 Å². The lowest BCUT2D eigenvalue weighted by atomic mass is 9.94. The minimum absolute atomic E-state index is 1.12. The first kappa shape index (κ1) is 63.3. The molecular formula is C112H66N4. The van der Waals surface area contributed by atoms with Gasteiger partial charge < -0.3 is 18.3 Å². The standard InChI is InChI=1S/C112H66N4/c1-3-25-79(26-4-1)113-106-64-72(71-48-57-105-99(60-71)95-55-41-68-21-8-10-32-84(68)112(95)116(105)102-38-15-12-30-82(102)75-45-49-85-91-34-17-22-69-23-18-36-93(109(69)91)96(85)61-75)42-51-88(106)89-52-44-74(66-107(89)113)78-58-77-24-19-35-92-86-50-46-76(62-97(86)100(63-78)110(77)92)81-29-11-14-37-101(81)115-103-39-16-13-33-87(103)98-59-70(47-56-104(98)115)73-43-53-90-94-54-40-67-20-7-9-31-83(67)111(94)114(108(90)65-73)80-27-5-2-6-28-80/h1-66H. The lowest BCUT2D eigenvalue weighted by Crippen LogP contribution is -1.98. The fourth-order valence-electron chi connectivity index (χ4n) is 20.6. The predicted octanol–water partition coefficient (Wildman–Crippen LogP) is 30.3. The molecule has 0 amide bonds. The van der Waals surface area contributed by atoms with Crippen molar-refractivity contribution in [2.24, 2.45) is 0 Å². The molecular weight excluding hydrogens is 1400 g/mol. The number of aromatic nitrogens is 4. The molecule has 0 saturated carbocycles. The van der Waals surface area contributed by atoms with E-state index in [-0.39, 0.29) is 0 Å². The van der Waals surface area contributed by atoms with Crippen LogP contribution in [0.4, 0.5) is 0 Å². The van der Waals surface area contributed by atoms with Gasteiger partial charge in [0.15, 0.2) is 0 Å². The highest BCUT2D eigenvalue weighted by molar-refractivity contribution is 6.24. The molecule has 0 spiro atoms. The molecule has 2 aliphatic carbocycles. The second-order valence-corrected chi connectivity index (χ2v) is 31.7. The minimum atomic E-state index is 1.12. The van der Waals surface area contributed by atoms with Crippen molar-refractivity contribution in [1.29, 1.82) is 0 Å². The quantitative estimate of drug-likeness (QED) is 0.137. The van der Waals surface area contributed by atoms with Crippen molar-refractivity contribution in [2.75, 3.05) is 0 Å². The van der Waals surface area contributed by atoms with Gasteiger partial charge in [0.05, 0.1) is 55.5 Å². The Bertz CT molecular complexity index is 8440. The van der Waals surface area contributed by atoms with Crippen molar-refractivity contribution in [2.45, 2.75) is 0 Å². The SMILES string of the molecule is c1ccc(-n2c3cc(-c4cc5c6c(cccc6c4)-c4ccc(-c6ccccc6-n6c7ccccc7c7cc(-c8ccc9c%10ccc%11ccccc%11c%10n(-c%10ccccc%10)c9c8)ccc76)cc4-5)ccc3c3ccc(-c4ccc5c(c4)c4ccc6ccccc6c4n5-c4ccccc4-c4ccc5c(c4)-c4cccc6cccc-5c46)cc32)cc1. The first-order valence-corrected chi connectivity index (χ1v) is 40.3. The third-order valence-electron chi connectivity index (χ3n) is 25.8. The zero-order valence-electron chi connectivity index (χ0n) is 62.9. The van der Waals surface area contributed by atoms with Crippen LogP contribution in [0.5, 0.6) is 0 Å². The van der Waals surface area contributed by atoms with Crippen molar-refractivity contribution in [3.63, 3.8) is 0 Å². The summed E-state index contributed by atoms with van der Waals surface area (Å²) in [5.41, 5.74) is 36.1. The van der Waals surface area contributed by atoms with E-state index in [1.54, 1.807) is 0 Å². The van der Waals surface area contributed by atoms with Crippen LogP contribution in [0.3, 0.4) is 0 Å². The Morgan fingerprint density at radius 1 is 0.138 bits per heavy atom. The Balaban J connectivity index is 0.575. The Hall–Kier alpha value is -15.4. The number of hydrogen-bond donors (Lipinski definition) is 0. The Labute approximate surface area is 667 Å². The molecule has 0 unspecified atom stereocenters. The predicted molar refractivity (Wildman–Crippen MR) is 490 cm³/mol. The van der Waals surface area contributed by atoms with Gasteiger partial charge in [-0.15, -0.1) is 0 Å². The number of benzene rings is 20. The van der Waals surface area contributed by atoms with E-state index in [0.717, 1.165) is 33.8 Å². The van der Waals surface area contributed by atoms with Crippen LogP contribution in [0, 0.1) is 0 Å². The number of fused-ring (bicyclic) bond motifs is 22. The van der Waals surface area contributed by atoms with E-state index < -0.39 is 0 Å². The first-order valence-electron chi connectivity index (χ1n) is 40.3. The van der Waals surface area contributed by atoms with Crippen LogP contribution in [-0.4, -0.2) is 18.3 Å². The molecule has 0 saturated heterocycles. The van der Waals surface area contributed by atoms with Gasteiger partial charge in [-0.05, 0) is 231 Å². The monoisotopic (exact) mass is 1470 g/mol. The molecule has 534 valence electrons. The molecule has 0 aliphatic heterocycles. The highest BCUT2D eigenvalue weighted by atomic mass is 15.0. The summed E-state index contributed by atoms with van der Waals surface area (Å²) in [5.74, 6) is 0. The van der Waals surface area contributed by atoms with E-state index in [2.05, 4.69) is 419 Å². The molecule has 26 rings (SSSR count). The summed E-state index contributed by atoms with van der Waals surface area (Å²) >= 11 is 0. The van der Waals surface area contributed by atoms with Gasteiger partial charge in [-0.3, -0.25) is 0 Å². The van der Waals surface area contributed by atoms with Crippen molar-refractivity contribution in [1.82, 2.24) is 18.3 Å². The highest BCUT2D eigenvalue weighted by Crippen LogP contribution is 2.54. The number of hydrogen-bond acceptors (Lipinski definition) is 0. The number of rotatable bonds is 9. The Morgan fingerprint density at radius 3 is 1.12 bits per heavy atom. The molecule has 2 aliphatic rings. The average Bonchev–Trinajstić information content (AvgIpc) is 1.55. The molecule has 4 heteroatoms. The molecule has 116 heavy (non-hydrogen) atoms. The zero-order chi connectivity index (χ0) is 75.5. The second-order valence-electron chi connectivity index (χ2n) is 31.7. The third kappa shape index (κ3) is 9.03. The van der Waals surface area contributed by atoms with Crippen molar-refractivity contribution in [3.05, 3.63) is 400 Å². The van der Waals surface area contributed by atoms with E-state index >= 15 is 0 Å². The van der Waals surface area contributed by atoms with Gasteiger partial charge in [-0.25, -0.2) is 0 Å². The smallest absolute Gasteiger partial charge is 0.0619 e. The van der Waals surface area contributed by atoms with Gasteiger partial charge in [-0.1, -0.05) is 291 Å². The molecule has 0 N–H and O–H groups in total. The molecule has 24 aromatic rings. The maximum atomic E-state index is 2.54. The van der Waals surface area contributed by atoms with Crippen LogP contribution in [0.15, 0.2) is 400 Å². The Morgan fingerprint density at radius 2 is 0.509 bits per heavy atom. The van der Waals surface area contributed by atoms with Crippen molar-refractivity contribution >= 4 is 130 Å². The van der Waals surface area contributed by atoms with E-state index in [1.165, 1.54) is 219 Å². The summed E-state index contributed by atoms with van der Waals surface area (Å²) in [5, 5.41) is 19.9. The summed E-state index contributed by atoms with van der Waals surface area (Å²) in [4.78, 5) is 0. The fourth-order valence-corrected chi connectivity index (χ4v) is 20.6. The normalized spacial score (nSPS) is 12.3. The molecule has 0 atom stereocenters.